The van der Waals surface area contributed by atoms with Gasteiger partial charge in [0.25, 0.3) is 11.8 Å². The lowest BCUT2D eigenvalue weighted by molar-refractivity contribution is -0.146. The van der Waals surface area contributed by atoms with E-state index in [9.17, 15) is 27.6 Å². The Hall–Kier alpha value is -3.35. The predicted molar refractivity (Wildman–Crippen MR) is 128 cm³/mol. The quantitative estimate of drug-likeness (QED) is 0.288. The first kappa shape index (κ1) is 27.2. The lowest BCUT2D eigenvalue weighted by Gasteiger charge is -2.15. The highest BCUT2D eigenvalue weighted by atomic mass is 35.5. The number of anilines is 1. The highest BCUT2D eigenvalue weighted by Gasteiger charge is 2.31. The Morgan fingerprint density at radius 3 is 2.53 bits per heavy atom. The Morgan fingerprint density at radius 1 is 1.08 bits per heavy atom. The van der Waals surface area contributed by atoms with Gasteiger partial charge in [0, 0.05) is 17.2 Å². The number of esters is 1. The van der Waals surface area contributed by atoms with Gasteiger partial charge < -0.3 is 24.8 Å². The molecule has 0 aliphatic rings. The predicted octanol–water partition coefficient (Wildman–Crippen LogP) is 4.51. The molecule has 0 saturated carbocycles. The molecule has 0 aliphatic heterocycles. The molecule has 192 valence electrons. The van der Waals surface area contributed by atoms with Gasteiger partial charge in [0.05, 0.1) is 22.9 Å². The van der Waals surface area contributed by atoms with Crippen molar-refractivity contribution in [3.63, 3.8) is 0 Å². The third-order valence-electron chi connectivity index (χ3n) is 4.62. The van der Waals surface area contributed by atoms with Gasteiger partial charge >= 0.3 is 12.1 Å². The summed E-state index contributed by atoms with van der Waals surface area (Å²) in [6.45, 7) is -1.15. The van der Waals surface area contributed by atoms with E-state index in [-0.39, 0.29) is 34.6 Å². The van der Waals surface area contributed by atoms with E-state index < -0.39 is 42.7 Å². The number of halogens is 4. The molecule has 0 saturated heterocycles. The van der Waals surface area contributed by atoms with Crippen LogP contribution in [0.2, 0.25) is 5.02 Å². The number of hydrogen-bond donors (Lipinski definition) is 2. The van der Waals surface area contributed by atoms with Crippen molar-refractivity contribution in [1.82, 2.24) is 5.32 Å². The Balaban J connectivity index is 1.55. The van der Waals surface area contributed by atoms with Crippen molar-refractivity contribution < 1.29 is 41.8 Å². The molecule has 2 aromatic carbocycles. The number of methoxy groups -OCH3 is 1. The SMILES string of the molecule is COCCOc1ccc(C(F)(F)F)cc1NC(=O)COC(=O)CNC(=O)c1sc2ccccc2c1Cl. The first-order chi connectivity index (χ1) is 17.1. The molecule has 36 heavy (non-hydrogen) atoms. The van der Waals surface area contributed by atoms with Crippen molar-refractivity contribution in [2.24, 2.45) is 0 Å². The zero-order chi connectivity index (χ0) is 26.3. The van der Waals surface area contributed by atoms with Crippen LogP contribution in [0.15, 0.2) is 42.5 Å². The van der Waals surface area contributed by atoms with Crippen LogP contribution < -0.4 is 15.4 Å². The molecular formula is C23H20ClF3N2O6S. The monoisotopic (exact) mass is 544 g/mol. The summed E-state index contributed by atoms with van der Waals surface area (Å²) in [6, 6.07) is 9.71. The lowest BCUT2D eigenvalue weighted by Crippen LogP contribution is -2.32. The van der Waals surface area contributed by atoms with Crippen molar-refractivity contribution >= 4 is 56.5 Å². The van der Waals surface area contributed by atoms with Gasteiger partial charge in [-0.15, -0.1) is 11.3 Å². The first-order valence-corrected chi connectivity index (χ1v) is 11.5. The van der Waals surface area contributed by atoms with E-state index in [4.69, 9.17) is 25.8 Å². The van der Waals surface area contributed by atoms with Crippen LogP contribution in [0.4, 0.5) is 18.9 Å². The number of thiophene rings is 1. The van der Waals surface area contributed by atoms with Crippen molar-refractivity contribution in [2.45, 2.75) is 6.18 Å². The fourth-order valence-corrected chi connectivity index (χ4v) is 4.37. The van der Waals surface area contributed by atoms with Gasteiger partial charge in [-0.2, -0.15) is 13.2 Å². The van der Waals surface area contributed by atoms with Gasteiger partial charge in [0.15, 0.2) is 6.61 Å². The number of rotatable bonds is 10. The molecule has 13 heteroatoms. The number of ether oxygens (including phenoxy) is 3. The number of benzene rings is 2. The molecule has 3 rings (SSSR count). The topological polar surface area (TPSA) is 103 Å². The number of fused-ring (bicyclic) bond motifs is 1. The van der Waals surface area contributed by atoms with Crippen molar-refractivity contribution in [2.75, 3.05) is 38.8 Å². The Morgan fingerprint density at radius 2 is 1.83 bits per heavy atom. The van der Waals surface area contributed by atoms with Crippen LogP contribution >= 0.6 is 22.9 Å². The summed E-state index contributed by atoms with van der Waals surface area (Å²) in [5.74, 6) is -2.45. The highest BCUT2D eigenvalue weighted by molar-refractivity contribution is 7.21. The molecule has 0 aliphatic carbocycles. The number of amides is 2. The summed E-state index contributed by atoms with van der Waals surface area (Å²) in [5, 5.41) is 5.55. The molecule has 1 aromatic heterocycles. The van der Waals surface area contributed by atoms with E-state index in [0.29, 0.717) is 11.5 Å². The highest BCUT2D eigenvalue weighted by Crippen LogP contribution is 2.36. The van der Waals surface area contributed by atoms with E-state index in [1.54, 1.807) is 24.3 Å². The second-order valence-electron chi connectivity index (χ2n) is 7.18. The lowest BCUT2D eigenvalue weighted by atomic mass is 10.1. The van der Waals surface area contributed by atoms with Crippen LogP contribution in [0.5, 0.6) is 5.75 Å². The molecule has 0 atom stereocenters. The number of carbonyl (C=O) groups is 3. The minimum absolute atomic E-state index is 0.0211. The average molecular weight is 545 g/mol. The second-order valence-corrected chi connectivity index (χ2v) is 8.61. The summed E-state index contributed by atoms with van der Waals surface area (Å²) < 4.78 is 55.0. The van der Waals surface area contributed by atoms with Crippen LogP contribution in [0.3, 0.4) is 0 Å². The van der Waals surface area contributed by atoms with Gasteiger partial charge in [-0.1, -0.05) is 29.8 Å². The zero-order valence-electron chi connectivity index (χ0n) is 18.7. The third-order valence-corrected chi connectivity index (χ3v) is 6.30. The standard InChI is InChI=1S/C23H20ClF3N2O6S/c1-33-8-9-34-16-7-6-13(23(25,26)27)10-15(16)29-18(30)12-35-19(31)11-28-22(32)21-20(24)14-4-2-3-5-17(14)36-21/h2-7,10H,8-9,11-12H2,1H3,(H,28,32)(H,29,30). The smallest absolute Gasteiger partial charge is 0.416 e. The third kappa shape index (κ3) is 7.09. The maximum absolute atomic E-state index is 13.1. The van der Waals surface area contributed by atoms with E-state index in [2.05, 4.69) is 10.6 Å². The minimum atomic E-state index is -4.65. The summed E-state index contributed by atoms with van der Waals surface area (Å²) in [5.41, 5.74) is -1.26. The molecule has 1 heterocycles. The molecule has 3 aromatic rings. The molecule has 2 N–H and O–H groups in total. The van der Waals surface area contributed by atoms with Gasteiger partial charge in [-0.05, 0) is 24.3 Å². The number of alkyl halides is 3. The van der Waals surface area contributed by atoms with E-state index in [0.717, 1.165) is 28.2 Å². The fourth-order valence-electron chi connectivity index (χ4n) is 2.94. The fraction of sp³-hybridized carbons (Fsp3) is 0.261. The van der Waals surface area contributed by atoms with Gasteiger partial charge in [0.2, 0.25) is 0 Å². The summed E-state index contributed by atoms with van der Waals surface area (Å²) in [7, 11) is 1.42. The van der Waals surface area contributed by atoms with Crippen LogP contribution in [0, 0.1) is 0 Å². The normalized spacial score (nSPS) is 11.2. The first-order valence-electron chi connectivity index (χ1n) is 10.3. The van der Waals surface area contributed by atoms with E-state index in [1.807, 2.05) is 0 Å². The molecule has 2 amide bonds. The average Bonchev–Trinajstić information content (AvgIpc) is 3.18. The van der Waals surface area contributed by atoms with Crippen molar-refractivity contribution in [1.29, 1.82) is 0 Å². The molecule has 0 spiro atoms. The van der Waals surface area contributed by atoms with Gasteiger partial charge in [-0.25, -0.2) is 0 Å². The minimum Gasteiger partial charge on any atom is -0.489 e. The molecule has 0 bridgehead atoms. The van der Waals surface area contributed by atoms with Crippen LogP contribution in [0.1, 0.15) is 15.2 Å². The summed E-state index contributed by atoms with van der Waals surface area (Å²) in [4.78, 5) is 36.8. The zero-order valence-corrected chi connectivity index (χ0v) is 20.3. The molecular weight excluding hydrogens is 525 g/mol. The summed E-state index contributed by atoms with van der Waals surface area (Å²) >= 11 is 7.39. The maximum Gasteiger partial charge on any atom is 0.416 e. The number of carbonyl (C=O) groups excluding carboxylic acids is 3. The number of nitrogens with one attached hydrogen (secondary N) is 2. The van der Waals surface area contributed by atoms with E-state index >= 15 is 0 Å². The largest absolute Gasteiger partial charge is 0.489 e. The maximum atomic E-state index is 13.1. The van der Waals surface area contributed by atoms with E-state index in [1.165, 1.54) is 7.11 Å². The number of hydrogen-bond acceptors (Lipinski definition) is 7. The Bertz CT molecular complexity index is 1260. The van der Waals surface area contributed by atoms with Crippen LogP contribution in [0.25, 0.3) is 10.1 Å². The van der Waals surface area contributed by atoms with Crippen LogP contribution in [-0.2, 0) is 25.2 Å². The van der Waals surface area contributed by atoms with Crippen molar-refractivity contribution in [3.05, 3.63) is 57.9 Å². The van der Waals surface area contributed by atoms with Gasteiger partial charge in [-0.3, -0.25) is 14.4 Å². The molecule has 8 nitrogen and oxygen atoms in total. The Kier molecular flexibility index (Phi) is 9.13. The molecule has 0 unspecified atom stereocenters. The van der Waals surface area contributed by atoms with Crippen LogP contribution in [-0.4, -0.2) is 51.3 Å². The molecule has 0 radical (unpaired) electrons. The van der Waals surface area contributed by atoms with Crippen molar-refractivity contribution in [3.8, 4) is 5.75 Å². The van der Waals surface area contributed by atoms with Gasteiger partial charge in [0.1, 0.15) is 23.8 Å². The molecule has 0 fully saturated rings. The second kappa shape index (κ2) is 12.1. The Labute approximate surface area is 212 Å². The summed E-state index contributed by atoms with van der Waals surface area (Å²) in [6.07, 6.45) is -4.65.